The summed E-state index contributed by atoms with van der Waals surface area (Å²) in [5, 5.41) is 3.29. The van der Waals surface area contributed by atoms with E-state index in [-0.39, 0.29) is 23.8 Å². The first-order valence-corrected chi connectivity index (χ1v) is 8.15. The van der Waals surface area contributed by atoms with Crippen molar-refractivity contribution in [3.05, 3.63) is 0 Å². The highest BCUT2D eigenvalue weighted by Gasteiger charge is 2.33. The highest BCUT2D eigenvalue weighted by Crippen LogP contribution is 2.18. The van der Waals surface area contributed by atoms with Gasteiger partial charge in [0.2, 0.25) is 5.91 Å². The molecule has 6 heteroatoms. The van der Waals surface area contributed by atoms with Gasteiger partial charge in [0.05, 0.1) is 5.92 Å². The molecule has 3 aliphatic rings. The number of carbonyl (C=O) groups excluding carboxylic acids is 2. The van der Waals surface area contributed by atoms with Crippen LogP contribution in [0.25, 0.3) is 0 Å². The first kappa shape index (κ1) is 14.8. The molecule has 1 N–H and O–H groups in total. The standard InChI is InChI=1S/C15H25N3O3/c19-14(12-3-1-5-16-11-12)17-6-8-18(9-7-17)15(20)13-4-2-10-21-13/h12-13,16H,1-11H2. The van der Waals surface area contributed by atoms with Crippen LogP contribution in [-0.2, 0) is 14.3 Å². The molecular formula is C15H25N3O3. The number of piperidine rings is 1. The van der Waals surface area contributed by atoms with Gasteiger partial charge in [0.25, 0.3) is 5.91 Å². The molecule has 21 heavy (non-hydrogen) atoms. The third-order valence-corrected chi connectivity index (χ3v) is 4.75. The second-order valence-electron chi connectivity index (χ2n) is 6.20. The van der Waals surface area contributed by atoms with Crippen LogP contribution < -0.4 is 5.32 Å². The largest absolute Gasteiger partial charge is 0.368 e. The van der Waals surface area contributed by atoms with Gasteiger partial charge in [-0.05, 0) is 32.2 Å². The summed E-state index contributed by atoms with van der Waals surface area (Å²) < 4.78 is 5.46. The maximum absolute atomic E-state index is 12.4. The molecule has 0 spiro atoms. The normalized spacial score (nSPS) is 30.5. The van der Waals surface area contributed by atoms with E-state index in [0.29, 0.717) is 32.8 Å². The van der Waals surface area contributed by atoms with Gasteiger partial charge in [0.15, 0.2) is 0 Å². The zero-order valence-corrected chi connectivity index (χ0v) is 12.6. The average molecular weight is 295 g/mol. The Morgan fingerprint density at radius 1 is 0.952 bits per heavy atom. The Hall–Kier alpha value is -1.14. The van der Waals surface area contributed by atoms with Crippen molar-refractivity contribution in [2.24, 2.45) is 5.92 Å². The van der Waals surface area contributed by atoms with Crippen molar-refractivity contribution in [3.63, 3.8) is 0 Å². The first-order valence-electron chi connectivity index (χ1n) is 8.15. The number of hydrogen-bond donors (Lipinski definition) is 1. The maximum atomic E-state index is 12.4. The van der Waals surface area contributed by atoms with E-state index in [1.54, 1.807) is 0 Å². The van der Waals surface area contributed by atoms with Crippen molar-refractivity contribution in [1.82, 2.24) is 15.1 Å². The van der Waals surface area contributed by atoms with Crippen molar-refractivity contribution in [2.75, 3.05) is 45.9 Å². The van der Waals surface area contributed by atoms with Crippen molar-refractivity contribution >= 4 is 11.8 Å². The minimum atomic E-state index is -0.241. The third kappa shape index (κ3) is 3.37. The van der Waals surface area contributed by atoms with E-state index < -0.39 is 0 Å². The average Bonchev–Trinajstić information content (AvgIpc) is 3.09. The van der Waals surface area contributed by atoms with Crippen LogP contribution in [0.2, 0.25) is 0 Å². The Bertz CT molecular complexity index is 382. The van der Waals surface area contributed by atoms with Gasteiger partial charge >= 0.3 is 0 Å². The van der Waals surface area contributed by atoms with Crippen LogP contribution in [-0.4, -0.2) is 73.6 Å². The molecule has 2 atom stereocenters. The fourth-order valence-electron chi connectivity index (χ4n) is 3.44. The molecule has 6 nitrogen and oxygen atoms in total. The van der Waals surface area contributed by atoms with Crippen LogP contribution in [0.1, 0.15) is 25.7 Å². The molecule has 0 aliphatic carbocycles. The summed E-state index contributed by atoms with van der Waals surface area (Å²) in [5.41, 5.74) is 0. The van der Waals surface area contributed by atoms with Crippen LogP contribution >= 0.6 is 0 Å². The lowest BCUT2D eigenvalue weighted by molar-refractivity contribution is -0.147. The zero-order valence-electron chi connectivity index (χ0n) is 12.6. The summed E-state index contributed by atoms with van der Waals surface area (Å²) >= 11 is 0. The molecule has 3 rings (SSSR count). The van der Waals surface area contributed by atoms with Crippen LogP contribution in [0, 0.1) is 5.92 Å². The van der Waals surface area contributed by atoms with E-state index >= 15 is 0 Å². The second kappa shape index (κ2) is 6.75. The fraction of sp³-hybridized carbons (Fsp3) is 0.867. The van der Waals surface area contributed by atoms with Crippen LogP contribution in [0.4, 0.5) is 0 Å². The number of piperazine rings is 1. The Labute approximate surface area is 125 Å². The molecule has 0 aromatic heterocycles. The highest BCUT2D eigenvalue weighted by molar-refractivity contribution is 5.82. The molecule has 0 aromatic carbocycles. The molecule has 3 aliphatic heterocycles. The molecule has 3 heterocycles. The fourth-order valence-corrected chi connectivity index (χ4v) is 3.44. The lowest BCUT2D eigenvalue weighted by Crippen LogP contribution is -2.54. The Morgan fingerprint density at radius 3 is 2.24 bits per heavy atom. The van der Waals surface area contributed by atoms with Crippen LogP contribution in [0.3, 0.4) is 0 Å². The van der Waals surface area contributed by atoms with Crippen LogP contribution in [0.5, 0.6) is 0 Å². The van der Waals surface area contributed by atoms with Crippen molar-refractivity contribution in [2.45, 2.75) is 31.8 Å². The zero-order chi connectivity index (χ0) is 14.7. The van der Waals surface area contributed by atoms with Crippen LogP contribution in [0.15, 0.2) is 0 Å². The van der Waals surface area contributed by atoms with Crippen molar-refractivity contribution in [1.29, 1.82) is 0 Å². The number of nitrogens with zero attached hydrogens (tertiary/aromatic N) is 2. The predicted molar refractivity (Wildman–Crippen MR) is 77.7 cm³/mol. The maximum Gasteiger partial charge on any atom is 0.251 e. The molecular weight excluding hydrogens is 270 g/mol. The monoisotopic (exact) mass is 295 g/mol. The summed E-state index contributed by atoms with van der Waals surface area (Å²) in [4.78, 5) is 28.5. The van der Waals surface area contributed by atoms with E-state index in [4.69, 9.17) is 4.74 Å². The quantitative estimate of drug-likeness (QED) is 0.769. The van der Waals surface area contributed by atoms with E-state index in [1.807, 2.05) is 9.80 Å². The molecule has 3 saturated heterocycles. The molecule has 2 unspecified atom stereocenters. The number of amides is 2. The highest BCUT2D eigenvalue weighted by atomic mass is 16.5. The lowest BCUT2D eigenvalue weighted by Gasteiger charge is -2.37. The number of ether oxygens (including phenoxy) is 1. The predicted octanol–water partition coefficient (Wildman–Crippen LogP) is -0.164. The Kier molecular flexibility index (Phi) is 4.75. The number of nitrogens with one attached hydrogen (secondary N) is 1. The smallest absolute Gasteiger partial charge is 0.251 e. The summed E-state index contributed by atoms with van der Waals surface area (Å²) in [7, 11) is 0. The lowest BCUT2D eigenvalue weighted by atomic mass is 9.98. The Morgan fingerprint density at radius 2 is 1.67 bits per heavy atom. The molecule has 0 saturated carbocycles. The minimum Gasteiger partial charge on any atom is -0.368 e. The summed E-state index contributed by atoms with van der Waals surface area (Å²) in [6.07, 6.45) is 3.64. The molecule has 118 valence electrons. The summed E-state index contributed by atoms with van der Waals surface area (Å²) in [6.45, 7) is 5.13. The van der Waals surface area contributed by atoms with Gasteiger partial charge in [-0.1, -0.05) is 0 Å². The number of carbonyl (C=O) groups is 2. The third-order valence-electron chi connectivity index (χ3n) is 4.75. The molecule has 2 amide bonds. The van der Waals surface area contributed by atoms with Crippen molar-refractivity contribution in [3.8, 4) is 0 Å². The summed E-state index contributed by atoms with van der Waals surface area (Å²) in [6, 6.07) is 0. The second-order valence-corrected chi connectivity index (χ2v) is 6.20. The van der Waals surface area contributed by atoms with Crippen molar-refractivity contribution < 1.29 is 14.3 Å². The van der Waals surface area contributed by atoms with Gasteiger partial charge in [-0.25, -0.2) is 0 Å². The van der Waals surface area contributed by atoms with E-state index in [1.165, 1.54) is 0 Å². The molecule has 0 aromatic rings. The van der Waals surface area contributed by atoms with Gasteiger partial charge < -0.3 is 19.9 Å². The van der Waals surface area contributed by atoms with Gasteiger partial charge in [-0.15, -0.1) is 0 Å². The topological polar surface area (TPSA) is 61.9 Å². The van der Waals surface area contributed by atoms with Gasteiger partial charge in [0, 0.05) is 39.3 Å². The van der Waals surface area contributed by atoms with E-state index in [2.05, 4.69) is 5.32 Å². The first-order chi connectivity index (χ1) is 10.3. The molecule has 0 radical (unpaired) electrons. The number of rotatable bonds is 2. The molecule has 0 bridgehead atoms. The van der Waals surface area contributed by atoms with E-state index in [0.717, 1.165) is 38.8 Å². The van der Waals surface area contributed by atoms with Gasteiger partial charge in [0.1, 0.15) is 6.10 Å². The number of hydrogen-bond acceptors (Lipinski definition) is 4. The minimum absolute atomic E-state index is 0.110. The van der Waals surface area contributed by atoms with E-state index in [9.17, 15) is 9.59 Å². The van der Waals surface area contributed by atoms with Gasteiger partial charge in [-0.3, -0.25) is 9.59 Å². The Balaban J connectivity index is 1.48. The van der Waals surface area contributed by atoms with Gasteiger partial charge in [-0.2, -0.15) is 0 Å². The SMILES string of the molecule is O=C(C1CCCNC1)N1CCN(C(=O)C2CCCO2)CC1. The molecule has 3 fully saturated rings. The summed E-state index contributed by atoms with van der Waals surface area (Å²) in [5.74, 6) is 0.490.